The van der Waals surface area contributed by atoms with Crippen molar-refractivity contribution in [1.82, 2.24) is 9.78 Å². The van der Waals surface area contributed by atoms with Crippen LogP contribution in [0.1, 0.15) is 43.2 Å². The zero-order valence-corrected chi connectivity index (χ0v) is 10.3. The number of hydrogen-bond donors (Lipinski definition) is 1. The van der Waals surface area contributed by atoms with Crippen LogP contribution in [-0.4, -0.2) is 22.1 Å². The third-order valence-corrected chi connectivity index (χ3v) is 3.46. The summed E-state index contributed by atoms with van der Waals surface area (Å²) in [7, 11) is 0. The SMILES string of the molecule is CC(C)n1ncc(Cl)c1C(=O)C1(CN)CC1. The highest BCUT2D eigenvalue weighted by atomic mass is 35.5. The van der Waals surface area contributed by atoms with E-state index in [1.165, 1.54) is 6.20 Å². The van der Waals surface area contributed by atoms with Crippen molar-refractivity contribution in [3.05, 3.63) is 16.9 Å². The van der Waals surface area contributed by atoms with Gasteiger partial charge in [-0.25, -0.2) is 0 Å². The highest BCUT2D eigenvalue weighted by Gasteiger charge is 2.50. The molecule has 0 aliphatic heterocycles. The molecule has 4 nitrogen and oxygen atoms in total. The molecule has 1 heterocycles. The second kappa shape index (κ2) is 3.86. The normalized spacial score (nSPS) is 17.8. The Morgan fingerprint density at radius 3 is 2.75 bits per heavy atom. The fraction of sp³-hybridized carbons (Fsp3) is 0.636. The number of hydrogen-bond acceptors (Lipinski definition) is 3. The lowest BCUT2D eigenvalue weighted by molar-refractivity contribution is 0.0892. The Morgan fingerprint density at radius 1 is 1.69 bits per heavy atom. The maximum absolute atomic E-state index is 12.3. The van der Waals surface area contributed by atoms with Crippen LogP contribution in [0.5, 0.6) is 0 Å². The van der Waals surface area contributed by atoms with Crippen molar-refractivity contribution in [2.75, 3.05) is 6.54 Å². The van der Waals surface area contributed by atoms with Gasteiger partial charge in [0.2, 0.25) is 0 Å². The predicted molar refractivity (Wildman–Crippen MR) is 62.7 cm³/mol. The monoisotopic (exact) mass is 241 g/mol. The van der Waals surface area contributed by atoms with Crippen LogP contribution in [0.3, 0.4) is 0 Å². The smallest absolute Gasteiger partial charge is 0.189 e. The van der Waals surface area contributed by atoms with Crippen molar-refractivity contribution in [1.29, 1.82) is 0 Å². The van der Waals surface area contributed by atoms with Gasteiger partial charge in [-0.15, -0.1) is 0 Å². The Labute approximate surface area is 99.8 Å². The van der Waals surface area contributed by atoms with Crippen LogP contribution in [0.4, 0.5) is 0 Å². The summed E-state index contributed by atoms with van der Waals surface area (Å²) in [6.07, 6.45) is 3.26. The minimum Gasteiger partial charge on any atom is -0.329 e. The van der Waals surface area contributed by atoms with Gasteiger partial charge in [-0.3, -0.25) is 9.48 Å². The molecule has 0 unspecified atom stereocenters. The van der Waals surface area contributed by atoms with Crippen molar-refractivity contribution in [2.45, 2.75) is 32.7 Å². The van der Waals surface area contributed by atoms with Gasteiger partial charge in [0.25, 0.3) is 0 Å². The van der Waals surface area contributed by atoms with Gasteiger partial charge in [0.05, 0.1) is 11.2 Å². The third kappa shape index (κ3) is 1.66. The largest absolute Gasteiger partial charge is 0.329 e. The van der Waals surface area contributed by atoms with E-state index in [0.29, 0.717) is 17.3 Å². The van der Waals surface area contributed by atoms with E-state index < -0.39 is 0 Å². The molecule has 2 rings (SSSR count). The number of nitrogens with zero attached hydrogens (tertiary/aromatic N) is 2. The van der Waals surface area contributed by atoms with E-state index in [0.717, 1.165) is 12.8 Å². The summed E-state index contributed by atoms with van der Waals surface area (Å²) >= 11 is 6.03. The molecule has 0 saturated heterocycles. The fourth-order valence-electron chi connectivity index (χ4n) is 1.87. The first-order valence-corrected chi connectivity index (χ1v) is 5.87. The summed E-state index contributed by atoms with van der Waals surface area (Å²) in [4.78, 5) is 12.3. The van der Waals surface area contributed by atoms with Gasteiger partial charge in [-0.1, -0.05) is 11.6 Å². The van der Waals surface area contributed by atoms with Crippen LogP contribution in [0.2, 0.25) is 5.02 Å². The minimum absolute atomic E-state index is 0.0474. The number of carbonyl (C=O) groups is 1. The van der Waals surface area contributed by atoms with E-state index in [9.17, 15) is 4.79 Å². The number of nitrogens with two attached hydrogens (primary N) is 1. The fourth-order valence-corrected chi connectivity index (χ4v) is 2.09. The molecule has 16 heavy (non-hydrogen) atoms. The van der Waals surface area contributed by atoms with Crippen molar-refractivity contribution < 1.29 is 4.79 Å². The predicted octanol–water partition coefficient (Wildman–Crippen LogP) is 2.04. The summed E-state index contributed by atoms with van der Waals surface area (Å²) in [6.45, 7) is 4.34. The second-order valence-electron chi connectivity index (χ2n) is 4.69. The van der Waals surface area contributed by atoms with E-state index in [4.69, 9.17) is 17.3 Å². The van der Waals surface area contributed by atoms with Gasteiger partial charge in [-0.2, -0.15) is 5.10 Å². The van der Waals surface area contributed by atoms with Crippen LogP contribution in [0.25, 0.3) is 0 Å². The topological polar surface area (TPSA) is 60.9 Å². The van der Waals surface area contributed by atoms with Crippen molar-refractivity contribution in [3.63, 3.8) is 0 Å². The quantitative estimate of drug-likeness (QED) is 0.821. The van der Waals surface area contributed by atoms with Gasteiger partial charge in [0, 0.05) is 18.0 Å². The van der Waals surface area contributed by atoms with E-state index in [1.807, 2.05) is 13.8 Å². The summed E-state index contributed by atoms with van der Waals surface area (Å²) in [5, 5.41) is 4.56. The Hall–Kier alpha value is -0.870. The Balaban J connectivity index is 2.40. The second-order valence-corrected chi connectivity index (χ2v) is 5.10. The lowest BCUT2D eigenvalue weighted by Crippen LogP contribution is -2.28. The first-order valence-electron chi connectivity index (χ1n) is 5.50. The van der Waals surface area contributed by atoms with E-state index >= 15 is 0 Å². The number of halogens is 1. The summed E-state index contributed by atoms with van der Waals surface area (Å²) in [5.41, 5.74) is 5.81. The standard InChI is InChI=1S/C11H16ClN3O/c1-7(2)15-9(8(12)5-14-15)10(16)11(6-13)3-4-11/h5,7H,3-4,6,13H2,1-2H3. The van der Waals surface area contributed by atoms with Gasteiger partial charge < -0.3 is 5.73 Å². The average Bonchev–Trinajstić information content (AvgIpc) is 2.95. The molecule has 0 aromatic carbocycles. The van der Waals surface area contributed by atoms with Gasteiger partial charge in [-0.05, 0) is 26.7 Å². The molecule has 5 heteroatoms. The zero-order chi connectivity index (χ0) is 11.9. The van der Waals surface area contributed by atoms with E-state index in [2.05, 4.69) is 5.10 Å². The zero-order valence-electron chi connectivity index (χ0n) is 9.53. The van der Waals surface area contributed by atoms with Gasteiger partial charge in [0.15, 0.2) is 5.78 Å². The molecular formula is C11H16ClN3O. The molecule has 1 aromatic rings. The maximum atomic E-state index is 12.3. The molecule has 1 aliphatic rings. The van der Waals surface area contributed by atoms with Crippen molar-refractivity contribution in [2.24, 2.45) is 11.1 Å². The number of Topliss-reactive ketones (excluding diaryl/α,β-unsaturated/α-hetero) is 1. The van der Waals surface area contributed by atoms with Crippen LogP contribution < -0.4 is 5.73 Å². The van der Waals surface area contributed by atoms with Crippen LogP contribution in [0, 0.1) is 5.41 Å². The molecule has 2 N–H and O–H groups in total. The minimum atomic E-state index is -0.365. The molecule has 0 bridgehead atoms. The Kier molecular flexibility index (Phi) is 2.80. The summed E-state index contributed by atoms with van der Waals surface area (Å²) in [6, 6.07) is 0.125. The molecular weight excluding hydrogens is 226 g/mol. The van der Waals surface area contributed by atoms with Crippen molar-refractivity contribution >= 4 is 17.4 Å². The molecule has 0 atom stereocenters. The van der Waals surface area contributed by atoms with Crippen molar-refractivity contribution in [3.8, 4) is 0 Å². The lowest BCUT2D eigenvalue weighted by atomic mass is 9.98. The molecule has 1 aliphatic carbocycles. The van der Waals surface area contributed by atoms with Gasteiger partial charge >= 0.3 is 0 Å². The van der Waals surface area contributed by atoms with Gasteiger partial charge in [0.1, 0.15) is 5.69 Å². The number of ketones is 1. The van der Waals surface area contributed by atoms with Crippen LogP contribution in [0.15, 0.2) is 6.20 Å². The molecule has 1 saturated carbocycles. The number of aromatic nitrogens is 2. The molecule has 0 amide bonds. The molecule has 1 aromatic heterocycles. The summed E-state index contributed by atoms with van der Waals surface area (Å²) < 4.78 is 1.68. The Bertz CT molecular complexity index is 421. The molecule has 88 valence electrons. The number of rotatable bonds is 4. The average molecular weight is 242 g/mol. The first-order chi connectivity index (χ1) is 7.52. The molecule has 1 fully saturated rings. The summed E-state index contributed by atoms with van der Waals surface area (Å²) in [5.74, 6) is 0.0474. The highest BCUT2D eigenvalue weighted by molar-refractivity contribution is 6.34. The first kappa shape index (κ1) is 11.6. The maximum Gasteiger partial charge on any atom is 0.189 e. The number of carbonyl (C=O) groups excluding carboxylic acids is 1. The third-order valence-electron chi connectivity index (χ3n) is 3.18. The van der Waals surface area contributed by atoms with Crippen LogP contribution >= 0.6 is 11.6 Å². The molecule has 0 spiro atoms. The lowest BCUT2D eigenvalue weighted by Gasteiger charge is -2.15. The van der Waals surface area contributed by atoms with E-state index in [-0.39, 0.29) is 17.2 Å². The highest BCUT2D eigenvalue weighted by Crippen LogP contribution is 2.48. The Morgan fingerprint density at radius 2 is 2.31 bits per heavy atom. The van der Waals surface area contributed by atoms with Crippen LogP contribution in [-0.2, 0) is 0 Å². The van der Waals surface area contributed by atoms with E-state index in [1.54, 1.807) is 4.68 Å². The molecule has 0 radical (unpaired) electrons.